The molecular weight excluding hydrogens is 294 g/mol. The minimum Gasteiger partial charge on any atom is -0.478 e. The number of anilines is 1. The molecule has 0 radical (unpaired) electrons. The summed E-state index contributed by atoms with van der Waals surface area (Å²) in [7, 11) is 0. The maximum atomic E-state index is 11.0. The number of benzene rings is 1. The summed E-state index contributed by atoms with van der Waals surface area (Å²) in [5, 5.41) is 9.01. The van der Waals surface area contributed by atoms with E-state index in [1.165, 1.54) is 12.8 Å². The van der Waals surface area contributed by atoms with Crippen molar-refractivity contribution in [2.24, 2.45) is 5.92 Å². The van der Waals surface area contributed by atoms with E-state index in [0.29, 0.717) is 16.1 Å². The molecule has 2 atom stereocenters. The molecule has 1 aliphatic heterocycles. The second-order valence-electron chi connectivity index (χ2n) is 5.14. The van der Waals surface area contributed by atoms with E-state index < -0.39 is 5.97 Å². The Balaban J connectivity index is 2.24. The van der Waals surface area contributed by atoms with E-state index in [-0.39, 0.29) is 0 Å². The van der Waals surface area contributed by atoms with Gasteiger partial charge in [-0.2, -0.15) is 0 Å². The molecule has 0 aromatic heterocycles. The van der Waals surface area contributed by atoms with Crippen LogP contribution in [0.4, 0.5) is 5.69 Å². The predicted molar refractivity (Wildman–Crippen MR) is 76.3 cm³/mol. The van der Waals surface area contributed by atoms with Gasteiger partial charge in [0, 0.05) is 22.7 Å². The molecule has 3 nitrogen and oxygen atoms in total. The standard InChI is InChI=1S/C14H18BrNO2/c1-9-5-6-16(10(2)7-9)11-3-4-12(14(17)18)13(15)8-11/h3-4,8-10H,5-7H2,1-2H3,(H,17,18). The Hall–Kier alpha value is -1.03. The topological polar surface area (TPSA) is 40.5 Å². The predicted octanol–water partition coefficient (Wildman–Crippen LogP) is 3.77. The fraction of sp³-hybridized carbons (Fsp3) is 0.500. The monoisotopic (exact) mass is 311 g/mol. The van der Waals surface area contributed by atoms with Crippen LogP contribution in [0.1, 0.15) is 37.0 Å². The van der Waals surface area contributed by atoms with Gasteiger partial charge in [0.2, 0.25) is 0 Å². The summed E-state index contributed by atoms with van der Waals surface area (Å²) in [5.41, 5.74) is 1.42. The van der Waals surface area contributed by atoms with Crippen molar-refractivity contribution in [3.8, 4) is 0 Å². The number of carboxylic acids is 1. The molecule has 2 unspecified atom stereocenters. The average molecular weight is 312 g/mol. The second kappa shape index (κ2) is 5.31. The lowest BCUT2D eigenvalue weighted by molar-refractivity contribution is 0.0696. The summed E-state index contributed by atoms with van der Waals surface area (Å²) in [6, 6.07) is 6.00. The summed E-state index contributed by atoms with van der Waals surface area (Å²) >= 11 is 3.34. The zero-order valence-electron chi connectivity index (χ0n) is 10.7. The highest BCUT2D eigenvalue weighted by Crippen LogP contribution is 2.30. The lowest BCUT2D eigenvalue weighted by Crippen LogP contribution is -2.40. The zero-order valence-corrected chi connectivity index (χ0v) is 12.3. The number of rotatable bonds is 2. The number of carboxylic acid groups (broad SMARTS) is 1. The summed E-state index contributed by atoms with van der Waals surface area (Å²) < 4.78 is 0.651. The highest BCUT2D eigenvalue weighted by atomic mass is 79.9. The Morgan fingerprint density at radius 3 is 2.72 bits per heavy atom. The van der Waals surface area contributed by atoms with Crippen molar-refractivity contribution in [2.75, 3.05) is 11.4 Å². The average Bonchev–Trinajstić information content (AvgIpc) is 2.28. The van der Waals surface area contributed by atoms with Crippen molar-refractivity contribution in [3.63, 3.8) is 0 Å². The van der Waals surface area contributed by atoms with E-state index in [4.69, 9.17) is 5.11 Å². The molecule has 1 aliphatic rings. The molecule has 1 heterocycles. The zero-order chi connectivity index (χ0) is 13.3. The van der Waals surface area contributed by atoms with E-state index >= 15 is 0 Å². The summed E-state index contributed by atoms with van der Waals surface area (Å²) in [4.78, 5) is 13.3. The molecule has 0 bridgehead atoms. The van der Waals surface area contributed by atoms with Gasteiger partial charge in [0.05, 0.1) is 5.56 Å². The number of hydrogen-bond donors (Lipinski definition) is 1. The fourth-order valence-corrected chi connectivity index (χ4v) is 3.18. The molecule has 0 aliphatic carbocycles. The lowest BCUT2D eigenvalue weighted by atomic mass is 9.93. The fourth-order valence-electron chi connectivity index (χ4n) is 2.65. The van der Waals surface area contributed by atoms with E-state index in [9.17, 15) is 4.79 Å². The van der Waals surface area contributed by atoms with Gasteiger partial charge in [0.1, 0.15) is 0 Å². The number of aromatic carboxylic acids is 1. The van der Waals surface area contributed by atoms with Crippen molar-refractivity contribution in [1.82, 2.24) is 0 Å². The third-order valence-electron chi connectivity index (χ3n) is 3.65. The summed E-state index contributed by atoms with van der Waals surface area (Å²) in [5.74, 6) is -0.119. The van der Waals surface area contributed by atoms with Gasteiger partial charge in [-0.3, -0.25) is 0 Å². The Morgan fingerprint density at radius 2 is 2.17 bits per heavy atom. The van der Waals surface area contributed by atoms with Crippen molar-refractivity contribution in [3.05, 3.63) is 28.2 Å². The minimum absolute atomic E-state index is 0.316. The minimum atomic E-state index is -0.895. The molecule has 4 heteroatoms. The maximum absolute atomic E-state index is 11.0. The van der Waals surface area contributed by atoms with E-state index in [1.54, 1.807) is 6.07 Å². The molecular formula is C14H18BrNO2. The van der Waals surface area contributed by atoms with Crippen LogP contribution in [0.5, 0.6) is 0 Å². The Labute approximate surface area is 116 Å². The summed E-state index contributed by atoms with van der Waals surface area (Å²) in [6.45, 7) is 5.56. The highest BCUT2D eigenvalue weighted by molar-refractivity contribution is 9.10. The molecule has 1 saturated heterocycles. The number of hydrogen-bond acceptors (Lipinski definition) is 2. The number of carbonyl (C=O) groups is 1. The number of nitrogens with zero attached hydrogens (tertiary/aromatic N) is 1. The second-order valence-corrected chi connectivity index (χ2v) is 6.00. The molecule has 2 rings (SSSR count). The van der Waals surface area contributed by atoms with Crippen LogP contribution in [-0.4, -0.2) is 23.7 Å². The van der Waals surface area contributed by atoms with Crippen molar-refractivity contribution in [2.45, 2.75) is 32.7 Å². The highest BCUT2D eigenvalue weighted by Gasteiger charge is 2.23. The van der Waals surface area contributed by atoms with Gasteiger partial charge in [-0.15, -0.1) is 0 Å². The van der Waals surface area contributed by atoms with Gasteiger partial charge < -0.3 is 10.0 Å². The third kappa shape index (κ3) is 2.69. The summed E-state index contributed by atoms with van der Waals surface area (Å²) in [6.07, 6.45) is 2.39. The van der Waals surface area contributed by atoms with Crippen LogP contribution in [0.25, 0.3) is 0 Å². The van der Waals surface area contributed by atoms with Gasteiger partial charge in [-0.1, -0.05) is 6.92 Å². The van der Waals surface area contributed by atoms with Gasteiger partial charge >= 0.3 is 5.97 Å². The smallest absolute Gasteiger partial charge is 0.336 e. The lowest BCUT2D eigenvalue weighted by Gasteiger charge is -2.38. The van der Waals surface area contributed by atoms with Gasteiger partial charge in [0.15, 0.2) is 0 Å². The van der Waals surface area contributed by atoms with Crippen molar-refractivity contribution >= 4 is 27.6 Å². The van der Waals surface area contributed by atoms with Gasteiger partial charge in [-0.05, 0) is 59.8 Å². The molecule has 1 aromatic rings. The molecule has 1 aromatic carbocycles. The van der Waals surface area contributed by atoms with Crippen LogP contribution in [0.15, 0.2) is 22.7 Å². The first-order chi connectivity index (χ1) is 8.49. The van der Waals surface area contributed by atoms with Crippen LogP contribution in [0, 0.1) is 5.92 Å². The van der Waals surface area contributed by atoms with Gasteiger partial charge in [-0.25, -0.2) is 4.79 Å². The first kappa shape index (κ1) is 13.4. The molecule has 0 saturated carbocycles. The molecule has 98 valence electrons. The third-order valence-corrected chi connectivity index (χ3v) is 4.31. The van der Waals surface area contributed by atoms with Crippen LogP contribution >= 0.6 is 15.9 Å². The molecule has 0 spiro atoms. The van der Waals surface area contributed by atoms with E-state index in [1.807, 2.05) is 12.1 Å². The Morgan fingerprint density at radius 1 is 1.44 bits per heavy atom. The number of piperidine rings is 1. The van der Waals surface area contributed by atoms with Crippen LogP contribution in [0.3, 0.4) is 0 Å². The van der Waals surface area contributed by atoms with Crippen LogP contribution in [-0.2, 0) is 0 Å². The van der Waals surface area contributed by atoms with Gasteiger partial charge in [0.25, 0.3) is 0 Å². The largest absolute Gasteiger partial charge is 0.478 e. The van der Waals surface area contributed by atoms with Crippen molar-refractivity contribution in [1.29, 1.82) is 0 Å². The quantitative estimate of drug-likeness (QED) is 0.903. The number of halogens is 1. The molecule has 1 N–H and O–H groups in total. The van der Waals surface area contributed by atoms with Crippen molar-refractivity contribution < 1.29 is 9.90 Å². The molecule has 18 heavy (non-hydrogen) atoms. The maximum Gasteiger partial charge on any atom is 0.336 e. The Kier molecular flexibility index (Phi) is 3.95. The SMILES string of the molecule is CC1CCN(c2ccc(C(=O)O)c(Br)c2)C(C)C1. The first-order valence-corrected chi connectivity index (χ1v) is 7.08. The van der Waals surface area contributed by atoms with E-state index in [2.05, 4.69) is 34.7 Å². The van der Waals surface area contributed by atoms with E-state index in [0.717, 1.165) is 18.2 Å². The molecule has 1 fully saturated rings. The van der Waals surface area contributed by atoms with Crippen LogP contribution < -0.4 is 4.90 Å². The van der Waals surface area contributed by atoms with Crippen LogP contribution in [0.2, 0.25) is 0 Å². The Bertz CT molecular complexity index is 461. The first-order valence-electron chi connectivity index (χ1n) is 6.28. The molecule has 0 amide bonds. The normalized spacial score (nSPS) is 24.1.